The number of rotatable bonds is 5. The second-order valence-electron chi connectivity index (χ2n) is 4.41. The number of sulfonamides is 1. The minimum atomic E-state index is -3.58. The quantitative estimate of drug-likeness (QED) is 0.897. The lowest BCUT2D eigenvalue weighted by Gasteiger charge is -2.19. The van der Waals surface area contributed by atoms with Gasteiger partial charge in [-0.1, -0.05) is 29.8 Å². The average Bonchev–Trinajstić information content (AvgIpc) is 2.92. The molecule has 0 spiro atoms. The molecule has 1 atom stereocenters. The highest BCUT2D eigenvalue weighted by molar-refractivity contribution is 7.89. The summed E-state index contributed by atoms with van der Waals surface area (Å²) in [5.41, 5.74) is 0. The molecule has 7 nitrogen and oxygen atoms in total. The van der Waals surface area contributed by atoms with Crippen LogP contribution in [0.25, 0.3) is 0 Å². The fourth-order valence-corrected chi connectivity index (χ4v) is 3.31. The van der Waals surface area contributed by atoms with Crippen molar-refractivity contribution in [2.45, 2.75) is 17.7 Å². The first-order valence-electron chi connectivity index (χ1n) is 5.86. The summed E-state index contributed by atoms with van der Waals surface area (Å²) in [6.07, 6.45) is 0. The summed E-state index contributed by atoms with van der Waals surface area (Å²) < 4.78 is 26.0. The van der Waals surface area contributed by atoms with Crippen molar-refractivity contribution < 1.29 is 8.42 Å². The van der Waals surface area contributed by atoms with Gasteiger partial charge < -0.3 is 0 Å². The smallest absolute Gasteiger partial charge is 0.207 e. The van der Waals surface area contributed by atoms with E-state index in [0.717, 1.165) is 0 Å². The molecule has 0 saturated heterocycles. The summed E-state index contributed by atoms with van der Waals surface area (Å²) in [5.74, 6) is 0.297. The molecule has 1 heterocycles. The molecule has 0 saturated carbocycles. The molecule has 0 fully saturated rings. The van der Waals surface area contributed by atoms with Crippen LogP contribution in [0.2, 0.25) is 5.02 Å². The Labute approximate surface area is 122 Å². The number of hydrogen-bond acceptors (Lipinski definition) is 5. The van der Waals surface area contributed by atoms with E-state index in [9.17, 15) is 8.42 Å². The highest BCUT2D eigenvalue weighted by Gasteiger charge is 2.24. The van der Waals surface area contributed by atoms with Gasteiger partial charge in [-0.3, -0.25) is 0 Å². The maximum Gasteiger partial charge on any atom is 0.242 e. The van der Waals surface area contributed by atoms with Gasteiger partial charge in [0.15, 0.2) is 5.82 Å². The van der Waals surface area contributed by atoms with E-state index in [2.05, 4.69) is 20.6 Å². The molecule has 2 aromatic rings. The molecule has 0 aliphatic rings. The van der Waals surface area contributed by atoms with Crippen LogP contribution < -0.4 is 0 Å². The third-order valence-corrected chi connectivity index (χ3v) is 4.89. The average molecular weight is 316 g/mol. The van der Waals surface area contributed by atoms with E-state index >= 15 is 0 Å². The Bertz CT molecular complexity index is 674. The van der Waals surface area contributed by atoms with Crippen LogP contribution in [0.4, 0.5) is 0 Å². The molecular formula is C11H14ClN5O2S. The lowest BCUT2D eigenvalue weighted by molar-refractivity contribution is 0.439. The van der Waals surface area contributed by atoms with E-state index < -0.39 is 10.0 Å². The molecular weight excluding hydrogens is 302 g/mol. The molecule has 0 aliphatic carbocycles. The van der Waals surface area contributed by atoms with Gasteiger partial charge in [0.1, 0.15) is 0 Å². The summed E-state index contributed by atoms with van der Waals surface area (Å²) >= 11 is 5.83. The van der Waals surface area contributed by atoms with E-state index in [-0.39, 0.29) is 17.4 Å². The first kappa shape index (κ1) is 14.9. The molecule has 0 radical (unpaired) electrons. The Morgan fingerprint density at radius 3 is 2.80 bits per heavy atom. The number of nitrogens with zero attached hydrogens (tertiary/aromatic N) is 4. The number of nitrogens with one attached hydrogen (secondary N) is 1. The fraction of sp³-hybridized carbons (Fsp3) is 0.364. The van der Waals surface area contributed by atoms with E-state index in [1.54, 1.807) is 12.1 Å². The van der Waals surface area contributed by atoms with E-state index in [4.69, 9.17) is 11.6 Å². The first-order valence-corrected chi connectivity index (χ1v) is 7.68. The highest BCUT2D eigenvalue weighted by atomic mass is 35.5. The molecule has 1 aromatic carbocycles. The first-order chi connectivity index (χ1) is 9.41. The van der Waals surface area contributed by atoms with Crippen molar-refractivity contribution in [3.05, 3.63) is 35.1 Å². The monoisotopic (exact) mass is 315 g/mol. The molecule has 9 heteroatoms. The Hall–Kier alpha value is -1.51. The maximum absolute atomic E-state index is 12.4. The van der Waals surface area contributed by atoms with Crippen molar-refractivity contribution >= 4 is 21.6 Å². The van der Waals surface area contributed by atoms with Crippen LogP contribution in [0.3, 0.4) is 0 Å². The van der Waals surface area contributed by atoms with E-state index in [1.807, 2.05) is 6.92 Å². The number of H-pyrrole nitrogens is 1. The summed E-state index contributed by atoms with van der Waals surface area (Å²) in [6, 6.07) is 6.16. The second kappa shape index (κ2) is 5.86. The van der Waals surface area contributed by atoms with Crippen LogP contribution in [0, 0.1) is 0 Å². The zero-order chi connectivity index (χ0) is 14.8. The number of benzene rings is 1. The molecule has 0 aliphatic heterocycles. The number of hydrogen-bond donors (Lipinski definition) is 1. The van der Waals surface area contributed by atoms with Crippen LogP contribution in [-0.4, -0.2) is 46.9 Å². The minimum Gasteiger partial charge on any atom is -0.207 e. The zero-order valence-corrected chi connectivity index (χ0v) is 12.6. The topological polar surface area (TPSA) is 91.8 Å². The Morgan fingerprint density at radius 2 is 2.20 bits per heavy atom. The number of aromatic amines is 1. The van der Waals surface area contributed by atoms with Crippen molar-refractivity contribution in [1.82, 2.24) is 24.9 Å². The van der Waals surface area contributed by atoms with E-state index in [1.165, 1.54) is 23.5 Å². The molecule has 0 amide bonds. The van der Waals surface area contributed by atoms with Crippen molar-refractivity contribution in [3.8, 4) is 0 Å². The molecule has 20 heavy (non-hydrogen) atoms. The predicted octanol–water partition coefficient (Wildman–Crippen LogP) is 1.28. The normalized spacial score (nSPS) is 13.6. The molecule has 1 N–H and O–H groups in total. The number of likely N-dealkylation sites (N-methyl/N-ethyl adjacent to an activating group) is 1. The molecule has 0 bridgehead atoms. The van der Waals surface area contributed by atoms with Gasteiger partial charge in [-0.2, -0.15) is 5.21 Å². The minimum absolute atomic E-state index is 0.160. The van der Waals surface area contributed by atoms with Gasteiger partial charge >= 0.3 is 0 Å². The van der Waals surface area contributed by atoms with Crippen molar-refractivity contribution in [2.75, 3.05) is 13.6 Å². The summed E-state index contributed by atoms with van der Waals surface area (Å²) in [7, 11) is -2.08. The number of aromatic nitrogens is 4. The van der Waals surface area contributed by atoms with Crippen LogP contribution in [0.15, 0.2) is 29.2 Å². The van der Waals surface area contributed by atoms with Crippen LogP contribution in [0.1, 0.15) is 18.7 Å². The summed E-state index contributed by atoms with van der Waals surface area (Å²) in [6.45, 7) is 2.07. The fourth-order valence-electron chi connectivity index (χ4n) is 1.75. The van der Waals surface area contributed by atoms with Gasteiger partial charge in [0.25, 0.3) is 0 Å². The molecule has 2 rings (SSSR count). The Kier molecular flexibility index (Phi) is 4.36. The van der Waals surface area contributed by atoms with Crippen molar-refractivity contribution in [2.24, 2.45) is 0 Å². The van der Waals surface area contributed by atoms with Crippen LogP contribution in [0.5, 0.6) is 0 Å². The van der Waals surface area contributed by atoms with Gasteiger partial charge in [-0.05, 0) is 18.2 Å². The molecule has 108 valence electrons. The second-order valence-corrected chi connectivity index (χ2v) is 6.90. The highest BCUT2D eigenvalue weighted by Crippen LogP contribution is 2.20. The third kappa shape index (κ3) is 3.14. The largest absolute Gasteiger partial charge is 0.242 e. The third-order valence-electron chi connectivity index (χ3n) is 2.84. The summed E-state index contributed by atoms with van der Waals surface area (Å²) in [5, 5.41) is 13.9. The number of halogens is 1. The van der Waals surface area contributed by atoms with Crippen molar-refractivity contribution in [1.29, 1.82) is 0 Å². The van der Waals surface area contributed by atoms with Crippen LogP contribution in [-0.2, 0) is 10.0 Å². The van der Waals surface area contributed by atoms with Gasteiger partial charge in [-0.15, -0.1) is 10.2 Å². The Morgan fingerprint density at radius 1 is 1.45 bits per heavy atom. The zero-order valence-electron chi connectivity index (χ0n) is 11.0. The van der Waals surface area contributed by atoms with Crippen molar-refractivity contribution in [3.63, 3.8) is 0 Å². The van der Waals surface area contributed by atoms with Crippen LogP contribution >= 0.6 is 11.6 Å². The summed E-state index contributed by atoms with van der Waals surface area (Å²) in [4.78, 5) is 0.160. The lowest BCUT2D eigenvalue weighted by Crippen LogP contribution is -2.30. The lowest BCUT2D eigenvalue weighted by atomic mass is 10.2. The van der Waals surface area contributed by atoms with Gasteiger partial charge in [0.2, 0.25) is 10.0 Å². The van der Waals surface area contributed by atoms with E-state index in [0.29, 0.717) is 10.8 Å². The number of tetrazole rings is 1. The van der Waals surface area contributed by atoms with Gasteiger partial charge in [0.05, 0.1) is 4.90 Å². The maximum atomic E-state index is 12.4. The standard InChI is InChI=1S/C11H14ClN5O2S/c1-8(11-13-15-16-14-11)7-17(2)20(18,19)10-5-3-4-9(12)6-10/h3-6,8H,7H2,1-2H3,(H,13,14,15,16). The SMILES string of the molecule is CC(CN(C)S(=O)(=O)c1cccc(Cl)c1)c1nn[nH]n1. The molecule has 1 aromatic heterocycles. The Balaban J connectivity index is 2.17. The van der Waals surface area contributed by atoms with Gasteiger partial charge in [-0.25, -0.2) is 12.7 Å². The van der Waals surface area contributed by atoms with Gasteiger partial charge in [0, 0.05) is 24.5 Å². The molecule has 1 unspecified atom stereocenters. The predicted molar refractivity (Wildman–Crippen MR) is 73.9 cm³/mol.